The predicted octanol–water partition coefficient (Wildman–Crippen LogP) is 2.97. The van der Waals surface area contributed by atoms with Gasteiger partial charge in [0.25, 0.3) is 5.91 Å². The zero-order chi connectivity index (χ0) is 19.2. The highest BCUT2D eigenvalue weighted by molar-refractivity contribution is 5.98. The first kappa shape index (κ1) is 18.6. The van der Waals surface area contributed by atoms with Crippen LogP contribution in [0.15, 0.2) is 48.5 Å². The highest BCUT2D eigenvalue weighted by atomic mass is 16.2. The van der Waals surface area contributed by atoms with Crippen molar-refractivity contribution in [2.75, 3.05) is 17.2 Å². The molecule has 1 aliphatic heterocycles. The van der Waals surface area contributed by atoms with Crippen molar-refractivity contribution < 1.29 is 14.4 Å². The van der Waals surface area contributed by atoms with Crippen LogP contribution < -0.4 is 16.0 Å². The van der Waals surface area contributed by atoms with E-state index in [2.05, 4.69) is 16.0 Å². The van der Waals surface area contributed by atoms with E-state index >= 15 is 0 Å². The second-order valence-electron chi connectivity index (χ2n) is 6.57. The second-order valence-corrected chi connectivity index (χ2v) is 6.57. The summed E-state index contributed by atoms with van der Waals surface area (Å²) in [6.45, 7) is 2.39. The fourth-order valence-electron chi connectivity index (χ4n) is 3.18. The summed E-state index contributed by atoms with van der Waals surface area (Å²) < 4.78 is 0. The predicted molar refractivity (Wildman–Crippen MR) is 105 cm³/mol. The molecule has 6 nitrogen and oxygen atoms in total. The van der Waals surface area contributed by atoms with E-state index in [9.17, 15) is 14.4 Å². The van der Waals surface area contributed by atoms with Crippen LogP contribution in [-0.2, 0) is 16.0 Å². The summed E-state index contributed by atoms with van der Waals surface area (Å²) in [4.78, 5) is 36.4. The summed E-state index contributed by atoms with van der Waals surface area (Å²) in [6, 6.07) is 14.5. The number of anilines is 2. The fourth-order valence-corrected chi connectivity index (χ4v) is 3.18. The third-order valence-corrected chi connectivity index (χ3v) is 4.58. The molecule has 0 spiro atoms. The van der Waals surface area contributed by atoms with Crippen molar-refractivity contribution in [2.45, 2.75) is 26.2 Å². The van der Waals surface area contributed by atoms with Gasteiger partial charge in [-0.2, -0.15) is 0 Å². The topological polar surface area (TPSA) is 87.3 Å². The van der Waals surface area contributed by atoms with Crippen molar-refractivity contribution in [1.29, 1.82) is 0 Å². The number of nitrogens with one attached hydrogen (secondary N) is 3. The van der Waals surface area contributed by atoms with Gasteiger partial charge in [0.05, 0.1) is 0 Å². The van der Waals surface area contributed by atoms with E-state index in [1.54, 1.807) is 24.3 Å². The minimum atomic E-state index is -0.215. The van der Waals surface area contributed by atoms with Gasteiger partial charge in [-0.25, -0.2) is 0 Å². The Hall–Kier alpha value is -3.15. The van der Waals surface area contributed by atoms with E-state index in [1.165, 1.54) is 0 Å². The number of hydrogen-bond acceptors (Lipinski definition) is 3. The molecule has 1 aliphatic rings. The number of benzene rings is 2. The third-order valence-electron chi connectivity index (χ3n) is 4.58. The summed E-state index contributed by atoms with van der Waals surface area (Å²) in [7, 11) is 0. The van der Waals surface area contributed by atoms with Crippen molar-refractivity contribution in [3.05, 3.63) is 59.7 Å². The Balaban J connectivity index is 1.55. The van der Waals surface area contributed by atoms with Crippen LogP contribution in [0.3, 0.4) is 0 Å². The normalized spacial score (nSPS) is 15.4. The first-order chi connectivity index (χ1) is 13.1. The molecule has 1 atom stereocenters. The smallest absolute Gasteiger partial charge is 0.251 e. The zero-order valence-corrected chi connectivity index (χ0v) is 15.2. The van der Waals surface area contributed by atoms with Crippen LogP contribution in [0.5, 0.6) is 0 Å². The molecule has 1 heterocycles. The molecule has 2 aromatic carbocycles. The number of amides is 3. The Bertz CT molecular complexity index is 863. The van der Waals surface area contributed by atoms with Crippen molar-refractivity contribution in [2.24, 2.45) is 5.92 Å². The molecule has 0 aliphatic carbocycles. The standard InChI is InChI=1S/C21H23N3O3/c1-2-22-20(26)15-7-5-8-17(13-15)23-19(25)11-10-16-12-14-6-3-4-9-18(14)24-21(16)27/h3-9,13,16H,2,10-12H2,1H3,(H,22,26)(H,23,25)(H,24,27)/t16-/m1/s1. The molecule has 6 heteroatoms. The Morgan fingerprint density at radius 1 is 1.15 bits per heavy atom. The average molecular weight is 365 g/mol. The number of carbonyl (C=O) groups excluding carboxylic acids is 3. The van der Waals surface area contributed by atoms with E-state index in [0.29, 0.717) is 30.6 Å². The van der Waals surface area contributed by atoms with Gasteiger partial charge in [-0.1, -0.05) is 24.3 Å². The first-order valence-corrected chi connectivity index (χ1v) is 9.13. The van der Waals surface area contributed by atoms with Crippen molar-refractivity contribution in [1.82, 2.24) is 5.32 Å². The Morgan fingerprint density at radius 3 is 2.78 bits per heavy atom. The highest BCUT2D eigenvalue weighted by Crippen LogP contribution is 2.27. The lowest BCUT2D eigenvalue weighted by molar-refractivity contribution is -0.121. The fraction of sp³-hybridized carbons (Fsp3) is 0.286. The number of para-hydroxylation sites is 1. The quantitative estimate of drug-likeness (QED) is 0.735. The largest absolute Gasteiger partial charge is 0.352 e. The minimum absolute atomic E-state index is 0.0419. The van der Waals surface area contributed by atoms with E-state index < -0.39 is 0 Å². The summed E-state index contributed by atoms with van der Waals surface area (Å²) in [5.74, 6) is -0.604. The summed E-state index contributed by atoms with van der Waals surface area (Å²) >= 11 is 0. The molecule has 0 radical (unpaired) electrons. The lowest BCUT2D eigenvalue weighted by Gasteiger charge is -2.24. The van der Waals surface area contributed by atoms with Gasteiger partial charge in [-0.15, -0.1) is 0 Å². The average Bonchev–Trinajstić information content (AvgIpc) is 2.66. The van der Waals surface area contributed by atoms with Gasteiger partial charge in [-0.05, 0) is 49.6 Å². The minimum Gasteiger partial charge on any atom is -0.352 e. The van der Waals surface area contributed by atoms with Crippen LogP contribution in [0.25, 0.3) is 0 Å². The molecule has 0 saturated carbocycles. The molecule has 0 bridgehead atoms. The van der Waals surface area contributed by atoms with Gasteiger partial charge >= 0.3 is 0 Å². The van der Waals surface area contributed by atoms with Crippen molar-refractivity contribution >= 4 is 29.1 Å². The highest BCUT2D eigenvalue weighted by Gasteiger charge is 2.26. The molecular formula is C21H23N3O3. The molecular weight excluding hydrogens is 342 g/mol. The maximum atomic E-state index is 12.3. The van der Waals surface area contributed by atoms with Gasteiger partial charge in [0.15, 0.2) is 0 Å². The molecule has 2 aromatic rings. The Kier molecular flexibility index (Phi) is 5.86. The number of carbonyl (C=O) groups is 3. The molecule has 0 unspecified atom stereocenters. The molecule has 0 saturated heterocycles. The number of rotatable bonds is 6. The van der Waals surface area contributed by atoms with Gasteiger partial charge in [0, 0.05) is 35.8 Å². The molecule has 27 heavy (non-hydrogen) atoms. The second kappa shape index (κ2) is 8.49. The Labute approximate surface area is 158 Å². The molecule has 140 valence electrons. The lowest BCUT2D eigenvalue weighted by atomic mass is 9.89. The van der Waals surface area contributed by atoms with Crippen LogP contribution in [-0.4, -0.2) is 24.3 Å². The van der Waals surface area contributed by atoms with Crippen LogP contribution in [0.4, 0.5) is 11.4 Å². The monoisotopic (exact) mass is 365 g/mol. The SMILES string of the molecule is CCNC(=O)c1cccc(NC(=O)CC[C@@H]2Cc3ccccc3NC2=O)c1. The van der Waals surface area contributed by atoms with E-state index in [1.807, 2.05) is 31.2 Å². The third kappa shape index (κ3) is 4.73. The summed E-state index contributed by atoms with van der Waals surface area (Å²) in [5.41, 5.74) is 3.02. The first-order valence-electron chi connectivity index (χ1n) is 9.13. The van der Waals surface area contributed by atoms with Gasteiger partial charge in [-0.3, -0.25) is 14.4 Å². The van der Waals surface area contributed by atoms with Crippen LogP contribution >= 0.6 is 0 Å². The zero-order valence-electron chi connectivity index (χ0n) is 15.2. The van der Waals surface area contributed by atoms with Crippen molar-refractivity contribution in [3.8, 4) is 0 Å². The molecule has 3 N–H and O–H groups in total. The summed E-state index contributed by atoms with van der Waals surface area (Å²) in [6.07, 6.45) is 1.36. The maximum Gasteiger partial charge on any atom is 0.251 e. The lowest BCUT2D eigenvalue weighted by Crippen LogP contribution is -2.30. The van der Waals surface area contributed by atoms with Gasteiger partial charge in [0.2, 0.25) is 11.8 Å². The van der Waals surface area contributed by atoms with E-state index in [4.69, 9.17) is 0 Å². The number of fused-ring (bicyclic) bond motifs is 1. The van der Waals surface area contributed by atoms with Gasteiger partial charge < -0.3 is 16.0 Å². The molecule has 0 aromatic heterocycles. The van der Waals surface area contributed by atoms with E-state index in [0.717, 1.165) is 11.3 Å². The number of hydrogen-bond donors (Lipinski definition) is 3. The summed E-state index contributed by atoms with van der Waals surface area (Å²) in [5, 5.41) is 8.43. The van der Waals surface area contributed by atoms with Gasteiger partial charge in [0.1, 0.15) is 0 Å². The van der Waals surface area contributed by atoms with Crippen LogP contribution in [0.1, 0.15) is 35.7 Å². The maximum absolute atomic E-state index is 12.3. The molecule has 3 rings (SSSR count). The van der Waals surface area contributed by atoms with Crippen molar-refractivity contribution in [3.63, 3.8) is 0 Å². The Morgan fingerprint density at radius 2 is 1.96 bits per heavy atom. The van der Waals surface area contributed by atoms with Crippen LogP contribution in [0.2, 0.25) is 0 Å². The molecule has 0 fully saturated rings. The molecule has 3 amide bonds. The van der Waals surface area contributed by atoms with Crippen LogP contribution in [0, 0.1) is 5.92 Å². The van der Waals surface area contributed by atoms with E-state index in [-0.39, 0.29) is 30.1 Å².